The Hall–Kier alpha value is -0.355. The standard InChI is InChI=1S/C40H74B3N8O24P3S3/c1-14-40(58,34(72-35-27(48-4)31(56)28(53)18(9-52)70-35)36(66-14)71-33-26(51-38(46)47)29(54)25(50-37(44)45)30(55)32(33)57)39(2,3)49-13-63-10-19-15(6-22(41)67-19)74-77(60,80)65-12-21-17(8-24(43)69-21)75-78(61,81)64-11-20-16(7-23(42)68-20)73-76(59,79)62-5/h14-36,48-49,52-58H,6-13H2,1-5H3,(H,59,79)(H,60,80)(H,61,81)(H4,44,45,50)(H4,46,47,51)/p-3. The van der Waals surface area contributed by atoms with Crippen molar-refractivity contribution in [1.29, 1.82) is 0 Å². The van der Waals surface area contributed by atoms with Crippen LogP contribution in [-0.4, -0.2) is 270 Å². The van der Waals surface area contributed by atoms with E-state index < -0.39 is 203 Å². The molecule has 81 heavy (non-hydrogen) atoms. The van der Waals surface area contributed by atoms with E-state index in [2.05, 4.69) is 20.6 Å². The van der Waals surface area contributed by atoms with E-state index in [0.717, 1.165) is 7.11 Å². The molecule has 6 aliphatic rings. The highest BCUT2D eigenvalue weighted by Gasteiger charge is 2.66. The molecule has 27 unspecified atom stereocenters. The van der Waals surface area contributed by atoms with Crippen LogP contribution < -0.4 is 48.2 Å². The highest BCUT2D eigenvalue weighted by atomic mass is 32.5. The Morgan fingerprint density at radius 2 is 1.16 bits per heavy atom. The van der Waals surface area contributed by atoms with Crippen LogP contribution in [0.15, 0.2) is 9.98 Å². The molecule has 1 saturated carbocycles. The molecule has 5 saturated heterocycles. The molecule has 460 valence electrons. The van der Waals surface area contributed by atoms with Crippen molar-refractivity contribution in [3.8, 4) is 0 Å². The molecule has 0 aromatic carbocycles. The summed E-state index contributed by atoms with van der Waals surface area (Å²) in [6.45, 7) is -10.6. The summed E-state index contributed by atoms with van der Waals surface area (Å²) in [7, 11) is 20.5. The van der Waals surface area contributed by atoms with Gasteiger partial charge in [0.1, 0.15) is 129 Å². The van der Waals surface area contributed by atoms with Gasteiger partial charge < -0.3 is 144 Å². The number of aliphatic imine (C=N–C) groups is 2. The number of guanidine groups is 2. The van der Waals surface area contributed by atoms with Crippen molar-refractivity contribution in [2.75, 3.05) is 47.3 Å². The van der Waals surface area contributed by atoms with Crippen molar-refractivity contribution in [2.24, 2.45) is 32.9 Å². The summed E-state index contributed by atoms with van der Waals surface area (Å²) in [5.41, 5.74) is 18.7. The van der Waals surface area contributed by atoms with E-state index in [1.54, 1.807) is 0 Å². The lowest BCUT2D eigenvalue weighted by Gasteiger charge is -2.49. The molecule has 0 aromatic rings. The van der Waals surface area contributed by atoms with Crippen LogP contribution in [0, 0.1) is 0 Å². The third-order valence-electron chi connectivity index (χ3n) is 14.5. The van der Waals surface area contributed by atoms with Gasteiger partial charge in [-0.2, -0.15) is 0 Å². The fraction of sp³-hybridized carbons (Fsp3) is 0.950. The number of nitrogens with zero attached hydrogens (tertiary/aromatic N) is 2. The average molecular weight is 1270 g/mol. The van der Waals surface area contributed by atoms with E-state index in [9.17, 15) is 50.4 Å². The van der Waals surface area contributed by atoms with Crippen molar-refractivity contribution in [2.45, 2.75) is 191 Å². The Balaban J connectivity index is 1.11. The van der Waals surface area contributed by atoms with Gasteiger partial charge in [0.25, 0.3) is 0 Å². The molecule has 6 radical (unpaired) electrons. The highest BCUT2D eigenvalue weighted by molar-refractivity contribution is 8.07. The molecule has 41 heteroatoms. The number of aliphatic hydroxyl groups is 7. The van der Waals surface area contributed by atoms with Gasteiger partial charge in [0.05, 0.1) is 63.6 Å². The summed E-state index contributed by atoms with van der Waals surface area (Å²) in [5, 5.41) is 84.8. The summed E-state index contributed by atoms with van der Waals surface area (Å²) >= 11 is 15.2. The van der Waals surface area contributed by atoms with Crippen molar-refractivity contribution in [3.63, 3.8) is 0 Å². The second-order valence-corrected chi connectivity index (χ2v) is 28.6. The van der Waals surface area contributed by atoms with Gasteiger partial charge in [-0.05, 0) is 47.1 Å². The monoisotopic (exact) mass is 1270 g/mol. The predicted octanol–water partition coefficient (Wildman–Crippen LogP) is -9.58. The SMILES string of the molecule is [B]C1CC(OP([O-])(=S)OC)C(COP([O-])(=S)OC2CC([B])OC2COP([O-])(=S)OC2CC([B])OC2COCNC(C)(C)C2(O)C(C)OC(OC3C(O)C(O)C(N=C(N)N)C(O)C3N=C(N)N)C2OC2OC(CO)C(O)C(O)C2NC)O1. The lowest BCUT2D eigenvalue weighted by atomic mass is 9.75. The Kier molecular flexibility index (Phi) is 24.8. The molecule has 0 spiro atoms. The Morgan fingerprint density at radius 1 is 0.679 bits per heavy atom. The van der Waals surface area contributed by atoms with E-state index in [0.29, 0.717) is 0 Å². The Labute approximate surface area is 486 Å². The maximum Gasteiger partial charge on any atom is 0.187 e. The van der Waals surface area contributed by atoms with Crippen molar-refractivity contribution in [1.82, 2.24) is 10.6 Å². The first-order valence-corrected chi connectivity index (χ1v) is 32.9. The second kappa shape index (κ2) is 28.9. The van der Waals surface area contributed by atoms with Crippen LogP contribution in [-0.2, 0) is 100 Å². The third kappa shape index (κ3) is 17.3. The lowest BCUT2D eigenvalue weighted by molar-refractivity contribution is -0.319. The summed E-state index contributed by atoms with van der Waals surface area (Å²) in [6, 6.07) is -7.13. The largest absolute Gasteiger partial charge is 0.780 e. The first kappa shape index (κ1) is 69.7. The summed E-state index contributed by atoms with van der Waals surface area (Å²) < 4.78 is 80.1. The average Bonchev–Trinajstić information content (AvgIpc) is 4.10. The van der Waals surface area contributed by atoms with Gasteiger partial charge in [-0.3, -0.25) is 5.32 Å². The van der Waals surface area contributed by atoms with Gasteiger partial charge in [-0.15, -0.1) is 0 Å². The van der Waals surface area contributed by atoms with Crippen molar-refractivity contribution >= 4 is 91.0 Å². The van der Waals surface area contributed by atoms with Gasteiger partial charge in [-0.1, -0.05) is 35.4 Å². The molecule has 32 nitrogen and oxygen atoms in total. The van der Waals surface area contributed by atoms with Crippen LogP contribution in [0.25, 0.3) is 0 Å². The number of hydrogen-bond acceptors (Lipinski definition) is 31. The molecule has 5 aliphatic heterocycles. The topological polar surface area (TPSA) is 493 Å². The molecule has 0 bridgehead atoms. The molecule has 27 atom stereocenters. The molecule has 1 aliphatic carbocycles. The van der Waals surface area contributed by atoms with E-state index in [4.69, 9.17) is 147 Å². The Morgan fingerprint density at radius 3 is 1.63 bits per heavy atom. The minimum atomic E-state index is -4.42. The zero-order chi connectivity index (χ0) is 60.3. The summed E-state index contributed by atoms with van der Waals surface area (Å²) in [4.78, 5) is 47.2. The first-order chi connectivity index (χ1) is 37.7. The smallest absolute Gasteiger partial charge is 0.187 e. The molecule has 0 aromatic heterocycles. The molecule has 0 amide bonds. The fourth-order valence-electron chi connectivity index (χ4n) is 10.3. The molecule has 6 fully saturated rings. The maximum atomic E-state index is 13.7. The number of aliphatic hydroxyl groups excluding tert-OH is 6. The van der Waals surface area contributed by atoms with Crippen LogP contribution in [0.4, 0.5) is 0 Å². The van der Waals surface area contributed by atoms with E-state index in [-0.39, 0.29) is 32.6 Å². The number of ether oxygens (including phenoxy) is 8. The number of nitrogens with two attached hydrogens (primary N) is 4. The normalized spacial score (nSPS) is 43.4. The van der Waals surface area contributed by atoms with Crippen LogP contribution in [0.5, 0.6) is 0 Å². The van der Waals surface area contributed by atoms with Crippen LogP contribution >= 0.6 is 20.2 Å². The maximum absolute atomic E-state index is 13.7. The zero-order valence-electron chi connectivity index (χ0n) is 44.5. The minimum Gasteiger partial charge on any atom is -0.780 e. The predicted molar refractivity (Wildman–Crippen MR) is 288 cm³/mol. The number of rotatable bonds is 27. The van der Waals surface area contributed by atoms with E-state index in [1.165, 1.54) is 27.8 Å². The third-order valence-corrected chi connectivity index (χ3v) is 19.3. The molecule has 5 heterocycles. The van der Waals surface area contributed by atoms with Crippen LogP contribution in [0.2, 0.25) is 0 Å². The molecule has 6 rings (SSSR count). The van der Waals surface area contributed by atoms with E-state index >= 15 is 0 Å². The van der Waals surface area contributed by atoms with Crippen molar-refractivity contribution in [3.05, 3.63) is 0 Å². The first-order valence-electron chi connectivity index (χ1n) is 25.3. The van der Waals surface area contributed by atoms with E-state index in [1.807, 2.05) is 0 Å². The summed E-state index contributed by atoms with van der Waals surface area (Å²) in [6.07, 6.45) is -24.6. The Bertz CT molecular complexity index is 2300. The van der Waals surface area contributed by atoms with Crippen LogP contribution in [0.1, 0.15) is 40.0 Å². The molecular weight excluding hydrogens is 1200 g/mol. The number of nitrogens with one attached hydrogen (secondary N) is 2. The molecular formula is C40H71B3N8O24P3S3-3. The lowest BCUT2D eigenvalue weighted by Crippen LogP contribution is -2.71. The number of likely N-dealkylation sites (N-methyl/N-ethyl adjacent to an activating group) is 1. The second-order valence-electron chi connectivity index (χ2n) is 20.4. The quantitative estimate of drug-likeness (QED) is 0.00907. The van der Waals surface area contributed by atoms with Gasteiger partial charge in [0, 0.05) is 30.7 Å². The zero-order valence-corrected chi connectivity index (χ0v) is 49.6. The van der Waals surface area contributed by atoms with Crippen LogP contribution in [0.3, 0.4) is 0 Å². The molecule has 17 N–H and O–H groups in total. The van der Waals surface area contributed by atoms with Gasteiger partial charge in [0.2, 0.25) is 0 Å². The minimum absolute atomic E-state index is 0.0294. The highest BCUT2D eigenvalue weighted by Crippen LogP contribution is 2.49. The number of hydrogen-bond donors (Lipinski definition) is 13. The fourth-order valence-corrected chi connectivity index (χ4v) is 14.1. The van der Waals surface area contributed by atoms with Gasteiger partial charge in [0.15, 0.2) is 24.5 Å². The summed E-state index contributed by atoms with van der Waals surface area (Å²) in [5.74, 6) is -1.12. The van der Waals surface area contributed by atoms with Gasteiger partial charge >= 0.3 is 0 Å². The van der Waals surface area contributed by atoms with Gasteiger partial charge in [-0.25, -0.2) is 9.98 Å². The van der Waals surface area contributed by atoms with Crippen molar-refractivity contribution < 1.29 is 115 Å².